The second kappa shape index (κ2) is 10.9. The number of amides is 2. The molecule has 0 aliphatic carbocycles. The fourth-order valence-corrected chi connectivity index (χ4v) is 4.79. The zero-order valence-corrected chi connectivity index (χ0v) is 20.3. The van der Waals surface area contributed by atoms with Crippen molar-refractivity contribution in [2.45, 2.75) is 25.9 Å². The number of nitrogens with one attached hydrogen (secondary N) is 1. The van der Waals surface area contributed by atoms with E-state index in [1.165, 1.54) is 12.1 Å². The fraction of sp³-hybridized carbons (Fsp3) is 0.370. The van der Waals surface area contributed by atoms with Crippen LogP contribution in [0.15, 0.2) is 60.8 Å². The van der Waals surface area contributed by atoms with E-state index in [-0.39, 0.29) is 17.6 Å². The molecule has 3 heterocycles. The summed E-state index contributed by atoms with van der Waals surface area (Å²) in [4.78, 5) is 31.4. The summed E-state index contributed by atoms with van der Waals surface area (Å²) in [6, 6.07) is 15.9. The zero-order chi connectivity index (χ0) is 24.9. The SMILES string of the molecule is O=C(NCCCN1CCN(c2ccc(F)cc2)CC1)c1ccc(CN2C(=O)CCn3nccc32)cc1. The molecule has 2 amide bonds. The van der Waals surface area contributed by atoms with Crippen LogP contribution in [0.25, 0.3) is 0 Å². The number of benzene rings is 2. The number of fused-ring (bicyclic) bond motifs is 1. The summed E-state index contributed by atoms with van der Waals surface area (Å²) in [6.45, 7) is 6.34. The lowest BCUT2D eigenvalue weighted by Crippen LogP contribution is -2.47. The number of hydrogen-bond donors (Lipinski definition) is 1. The van der Waals surface area contributed by atoms with Gasteiger partial charge in [-0.2, -0.15) is 5.10 Å². The smallest absolute Gasteiger partial charge is 0.251 e. The Hall–Kier alpha value is -3.72. The van der Waals surface area contributed by atoms with Crippen LogP contribution in [-0.2, 0) is 17.9 Å². The molecule has 8 nitrogen and oxygen atoms in total. The minimum Gasteiger partial charge on any atom is -0.369 e. The number of aromatic nitrogens is 2. The third-order valence-electron chi connectivity index (χ3n) is 6.87. The standard InChI is InChI=1S/C27H31FN6O2/c28-23-6-8-24(9-7-23)32-18-16-31(17-19-32)14-1-12-29-27(36)22-4-2-21(3-5-22)20-33-25-10-13-30-34(25)15-11-26(33)35/h2-10,13H,1,11-12,14-20H2,(H,29,36). The molecule has 1 N–H and O–H groups in total. The van der Waals surface area contributed by atoms with Crippen molar-refractivity contribution in [3.05, 3.63) is 77.7 Å². The molecule has 0 bridgehead atoms. The molecule has 1 saturated heterocycles. The lowest BCUT2D eigenvalue weighted by molar-refractivity contribution is -0.119. The van der Waals surface area contributed by atoms with Crippen LogP contribution in [0.5, 0.6) is 0 Å². The van der Waals surface area contributed by atoms with E-state index in [9.17, 15) is 14.0 Å². The van der Waals surface area contributed by atoms with Crippen molar-refractivity contribution in [1.29, 1.82) is 0 Å². The Kier molecular flexibility index (Phi) is 7.27. The van der Waals surface area contributed by atoms with Gasteiger partial charge in [0, 0.05) is 56.5 Å². The summed E-state index contributed by atoms with van der Waals surface area (Å²) in [6.07, 6.45) is 3.03. The van der Waals surface area contributed by atoms with Crippen LogP contribution in [0.4, 0.5) is 15.9 Å². The van der Waals surface area contributed by atoms with Crippen molar-refractivity contribution in [1.82, 2.24) is 20.0 Å². The van der Waals surface area contributed by atoms with Gasteiger partial charge in [0.1, 0.15) is 11.6 Å². The van der Waals surface area contributed by atoms with E-state index in [1.807, 2.05) is 47.1 Å². The molecule has 1 fully saturated rings. The maximum absolute atomic E-state index is 13.1. The molecule has 9 heteroatoms. The number of hydrogen-bond acceptors (Lipinski definition) is 5. The molecule has 2 aliphatic heterocycles. The summed E-state index contributed by atoms with van der Waals surface area (Å²) < 4.78 is 15.0. The van der Waals surface area contributed by atoms with Gasteiger partial charge in [0.05, 0.1) is 19.3 Å². The number of anilines is 2. The number of rotatable bonds is 8. The number of aryl methyl sites for hydroxylation is 1. The van der Waals surface area contributed by atoms with Crippen LogP contribution in [0.3, 0.4) is 0 Å². The molecule has 0 radical (unpaired) electrons. The molecule has 0 spiro atoms. The van der Waals surface area contributed by atoms with E-state index < -0.39 is 0 Å². The average Bonchev–Trinajstić information content (AvgIpc) is 3.39. The predicted octanol–water partition coefficient (Wildman–Crippen LogP) is 2.90. The topological polar surface area (TPSA) is 73.7 Å². The molecule has 1 aromatic heterocycles. The first-order valence-electron chi connectivity index (χ1n) is 12.5. The average molecular weight is 491 g/mol. The normalized spacial score (nSPS) is 16.2. The van der Waals surface area contributed by atoms with Gasteiger partial charge in [0.15, 0.2) is 0 Å². The Morgan fingerprint density at radius 3 is 2.44 bits per heavy atom. The lowest BCUT2D eigenvalue weighted by atomic mass is 10.1. The Morgan fingerprint density at radius 1 is 0.944 bits per heavy atom. The zero-order valence-electron chi connectivity index (χ0n) is 20.3. The monoisotopic (exact) mass is 490 g/mol. The largest absolute Gasteiger partial charge is 0.369 e. The van der Waals surface area contributed by atoms with Gasteiger partial charge in [-0.25, -0.2) is 9.07 Å². The number of halogens is 1. The summed E-state index contributed by atoms with van der Waals surface area (Å²) in [7, 11) is 0. The molecule has 0 unspecified atom stereocenters. The maximum Gasteiger partial charge on any atom is 0.251 e. The van der Waals surface area contributed by atoms with Gasteiger partial charge in [0.25, 0.3) is 5.91 Å². The van der Waals surface area contributed by atoms with Gasteiger partial charge in [-0.1, -0.05) is 12.1 Å². The number of nitrogens with zero attached hydrogens (tertiary/aromatic N) is 5. The Labute approximate surface area is 210 Å². The lowest BCUT2D eigenvalue weighted by Gasteiger charge is -2.36. The van der Waals surface area contributed by atoms with Crippen LogP contribution in [0, 0.1) is 5.82 Å². The van der Waals surface area contributed by atoms with Crippen LogP contribution < -0.4 is 15.1 Å². The predicted molar refractivity (Wildman–Crippen MR) is 136 cm³/mol. The van der Waals surface area contributed by atoms with Gasteiger partial charge in [-0.05, 0) is 54.9 Å². The fourth-order valence-electron chi connectivity index (χ4n) is 4.79. The highest BCUT2D eigenvalue weighted by molar-refractivity contribution is 5.95. The van der Waals surface area contributed by atoms with Crippen molar-refractivity contribution < 1.29 is 14.0 Å². The van der Waals surface area contributed by atoms with Crippen molar-refractivity contribution in [2.24, 2.45) is 0 Å². The van der Waals surface area contributed by atoms with Crippen molar-refractivity contribution in [3.8, 4) is 0 Å². The molecule has 3 aromatic rings. The third-order valence-corrected chi connectivity index (χ3v) is 6.87. The highest BCUT2D eigenvalue weighted by atomic mass is 19.1. The first-order chi connectivity index (χ1) is 17.6. The quantitative estimate of drug-likeness (QED) is 0.492. The number of carbonyl (C=O) groups is 2. The summed E-state index contributed by atoms with van der Waals surface area (Å²) >= 11 is 0. The van der Waals surface area contributed by atoms with E-state index in [4.69, 9.17) is 0 Å². The summed E-state index contributed by atoms with van der Waals surface area (Å²) in [5.74, 6) is 0.597. The van der Waals surface area contributed by atoms with Crippen molar-refractivity contribution >= 4 is 23.3 Å². The van der Waals surface area contributed by atoms with Crippen LogP contribution >= 0.6 is 0 Å². The first kappa shape index (κ1) is 24.0. The molecule has 188 valence electrons. The van der Waals surface area contributed by atoms with Crippen LogP contribution in [0.2, 0.25) is 0 Å². The van der Waals surface area contributed by atoms with E-state index in [2.05, 4.69) is 20.2 Å². The van der Waals surface area contributed by atoms with Crippen LogP contribution in [-0.4, -0.2) is 65.8 Å². The molecule has 36 heavy (non-hydrogen) atoms. The summed E-state index contributed by atoms with van der Waals surface area (Å²) in [5, 5.41) is 7.27. The highest BCUT2D eigenvalue weighted by Crippen LogP contribution is 2.23. The van der Waals surface area contributed by atoms with Crippen LogP contribution in [0.1, 0.15) is 28.8 Å². The van der Waals surface area contributed by atoms with Gasteiger partial charge in [-0.15, -0.1) is 0 Å². The molecular formula is C27H31FN6O2. The third kappa shape index (κ3) is 5.57. The number of piperazine rings is 1. The first-order valence-corrected chi connectivity index (χ1v) is 12.5. The molecular weight excluding hydrogens is 459 g/mol. The molecule has 2 aliphatic rings. The Morgan fingerprint density at radius 2 is 1.69 bits per heavy atom. The van der Waals surface area contributed by atoms with Gasteiger partial charge in [-0.3, -0.25) is 19.4 Å². The molecule has 2 aromatic carbocycles. The minimum absolute atomic E-state index is 0.0849. The van der Waals surface area contributed by atoms with Gasteiger partial charge in [0.2, 0.25) is 5.91 Å². The highest BCUT2D eigenvalue weighted by Gasteiger charge is 2.24. The second-order valence-electron chi connectivity index (χ2n) is 9.25. The van der Waals surface area contributed by atoms with Crippen molar-refractivity contribution in [2.75, 3.05) is 49.1 Å². The molecule has 5 rings (SSSR count). The van der Waals surface area contributed by atoms with Gasteiger partial charge < -0.3 is 10.2 Å². The van der Waals surface area contributed by atoms with Gasteiger partial charge >= 0.3 is 0 Å². The molecule has 0 saturated carbocycles. The van der Waals surface area contributed by atoms with E-state index in [1.54, 1.807) is 11.1 Å². The summed E-state index contributed by atoms with van der Waals surface area (Å²) in [5.41, 5.74) is 2.64. The minimum atomic E-state index is -0.210. The van der Waals surface area contributed by atoms with Crippen molar-refractivity contribution in [3.63, 3.8) is 0 Å². The van der Waals surface area contributed by atoms with E-state index in [0.29, 0.717) is 31.6 Å². The molecule has 0 atom stereocenters. The van der Waals surface area contributed by atoms with E-state index >= 15 is 0 Å². The Balaban J connectivity index is 1.03. The maximum atomic E-state index is 13.1. The van der Waals surface area contributed by atoms with E-state index in [0.717, 1.165) is 56.2 Å². The second-order valence-corrected chi connectivity index (χ2v) is 9.25. The number of carbonyl (C=O) groups excluding carboxylic acids is 2. The Bertz CT molecular complexity index is 1190.